The maximum Gasteiger partial charge on any atom is 0.0948 e. The Morgan fingerprint density at radius 1 is 1.30 bits per heavy atom. The number of nitrogens with zero attached hydrogens (tertiary/aromatic N) is 3. The number of aryl methyl sites for hydroxylation is 1. The van der Waals surface area contributed by atoms with Crippen molar-refractivity contribution in [3.8, 4) is 0 Å². The molecule has 2 aromatic heterocycles. The fourth-order valence-corrected chi connectivity index (χ4v) is 2.40. The molecule has 2 aromatic rings. The molecule has 2 rings (SSSR count). The molecule has 110 valence electrons. The summed E-state index contributed by atoms with van der Waals surface area (Å²) in [5.74, 6) is 0. The van der Waals surface area contributed by atoms with E-state index in [0.29, 0.717) is 6.04 Å². The van der Waals surface area contributed by atoms with Gasteiger partial charge in [0, 0.05) is 31.2 Å². The molecule has 0 radical (unpaired) electrons. The molecular weight excluding hydrogens is 248 g/mol. The number of hydrogen-bond donors (Lipinski definition) is 1. The van der Waals surface area contributed by atoms with Crippen LogP contribution in [0.5, 0.6) is 0 Å². The first-order valence-corrected chi connectivity index (χ1v) is 7.62. The summed E-state index contributed by atoms with van der Waals surface area (Å²) in [6.07, 6.45) is 10.6. The number of hydrogen-bond acceptors (Lipinski definition) is 2. The highest BCUT2D eigenvalue weighted by Gasteiger charge is 2.07. The minimum Gasteiger partial charge on any atom is -0.348 e. The van der Waals surface area contributed by atoms with Crippen molar-refractivity contribution < 1.29 is 0 Å². The minimum absolute atomic E-state index is 0.414. The van der Waals surface area contributed by atoms with E-state index in [1.807, 2.05) is 12.5 Å². The lowest BCUT2D eigenvalue weighted by Gasteiger charge is -2.11. The van der Waals surface area contributed by atoms with E-state index < -0.39 is 0 Å². The van der Waals surface area contributed by atoms with Gasteiger partial charge in [-0.2, -0.15) is 0 Å². The van der Waals surface area contributed by atoms with E-state index in [0.717, 1.165) is 26.1 Å². The summed E-state index contributed by atoms with van der Waals surface area (Å²) in [5.41, 5.74) is 2.61. The zero-order valence-corrected chi connectivity index (χ0v) is 12.8. The normalized spacial score (nSPS) is 12.8. The topological polar surface area (TPSA) is 34.8 Å². The standard InChI is InChI=1S/C16H26N4/c1-4-7-18-14(3)15-6-9-19(11-15)12-16-10-17-13-20(16)8-5-2/h6,9-11,13-14,18H,4-5,7-8,12H2,1-3H3. The maximum atomic E-state index is 4.26. The third kappa shape index (κ3) is 3.73. The van der Waals surface area contributed by atoms with Gasteiger partial charge in [-0.15, -0.1) is 0 Å². The van der Waals surface area contributed by atoms with E-state index in [1.54, 1.807) is 0 Å². The van der Waals surface area contributed by atoms with Gasteiger partial charge in [-0.1, -0.05) is 13.8 Å². The van der Waals surface area contributed by atoms with Gasteiger partial charge in [0.2, 0.25) is 0 Å². The molecule has 0 fully saturated rings. The molecule has 0 bridgehead atoms. The molecule has 0 aliphatic rings. The second kappa shape index (κ2) is 7.29. The maximum absolute atomic E-state index is 4.26. The molecule has 2 heterocycles. The van der Waals surface area contributed by atoms with Crippen LogP contribution in [-0.4, -0.2) is 20.7 Å². The highest BCUT2D eigenvalue weighted by molar-refractivity contribution is 5.16. The van der Waals surface area contributed by atoms with Crippen LogP contribution in [0.4, 0.5) is 0 Å². The van der Waals surface area contributed by atoms with Crippen LogP contribution in [0.25, 0.3) is 0 Å². The molecule has 0 aromatic carbocycles. The zero-order valence-electron chi connectivity index (χ0n) is 12.8. The Balaban J connectivity index is 2.00. The molecule has 1 N–H and O–H groups in total. The molecule has 0 aliphatic carbocycles. The lowest BCUT2D eigenvalue weighted by Crippen LogP contribution is -2.18. The van der Waals surface area contributed by atoms with Crippen molar-refractivity contribution in [1.29, 1.82) is 0 Å². The first kappa shape index (κ1) is 14.9. The third-order valence-corrected chi connectivity index (χ3v) is 3.58. The van der Waals surface area contributed by atoms with Crippen molar-refractivity contribution in [2.45, 2.75) is 52.7 Å². The van der Waals surface area contributed by atoms with Gasteiger partial charge in [-0.05, 0) is 37.9 Å². The Labute approximate surface area is 121 Å². The predicted octanol–water partition coefficient (Wildman–Crippen LogP) is 3.20. The Kier molecular flexibility index (Phi) is 5.41. The summed E-state index contributed by atoms with van der Waals surface area (Å²) in [6.45, 7) is 9.60. The molecule has 0 saturated heterocycles. The van der Waals surface area contributed by atoms with Gasteiger partial charge in [0.15, 0.2) is 0 Å². The molecule has 1 unspecified atom stereocenters. The summed E-state index contributed by atoms with van der Waals surface area (Å²) in [5, 5.41) is 3.52. The lowest BCUT2D eigenvalue weighted by molar-refractivity contribution is 0.568. The highest BCUT2D eigenvalue weighted by Crippen LogP contribution is 2.14. The Morgan fingerprint density at radius 2 is 2.15 bits per heavy atom. The van der Waals surface area contributed by atoms with Crippen LogP contribution in [0.2, 0.25) is 0 Å². The highest BCUT2D eigenvalue weighted by atomic mass is 15.1. The molecule has 0 aliphatic heterocycles. The van der Waals surface area contributed by atoms with E-state index >= 15 is 0 Å². The molecular formula is C16H26N4. The van der Waals surface area contributed by atoms with Crippen LogP contribution in [0.3, 0.4) is 0 Å². The first-order chi connectivity index (χ1) is 9.74. The molecule has 20 heavy (non-hydrogen) atoms. The Bertz CT molecular complexity index is 512. The van der Waals surface area contributed by atoms with E-state index in [2.05, 4.69) is 58.7 Å². The van der Waals surface area contributed by atoms with E-state index in [9.17, 15) is 0 Å². The van der Waals surface area contributed by atoms with Gasteiger partial charge in [0.25, 0.3) is 0 Å². The Morgan fingerprint density at radius 3 is 2.90 bits per heavy atom. The molecule has 4 nitrogen and oxygen atoms in total. The van der Waals surface area contributed by atoms with E-state index in [-0.39, 0.29) is 0 Å². The summed E-state index contributed by atoms with van der Waals surface area (Å²) in [7, 11) is 0. The SMILES string of the molecule is CCCNC(C)c1ccn(Cc2cncn2CCC)c1. The number of imidazole rings is 1. The molecule has 0 saturated carbocycles. The predicted molar refractivity (Wildman–Crippen MR) is 82.8 cm³/mol. The van der Waals surface area contributed by atoms with Gasteiger partial charge in [0.05, 0.1) is 18.6 Å². The van der Waals surface area contributed by atoms with Crippen molar-refractivity contribution in [3.05, 3.63) is 42.2 Å². The molecule has 4 heteroatoms. The monoisotopic (exact) mass is 274 g/mol. The third-order valence-electron chi connectivity index (χ3n) is 3.58. The van der Waals surface area contributed by atoms with Gasteiger partial charge in [-0.3, -0.25) is 0 Å². The fourth-order valence-electron chi connectivity index (χ4n) is 2.40. The van der Waals surface area contributed by atoms with Crippen molar-refractivity contribution in [1.82, 2.24) is 19.4 Å². The second-order valence-electron chi connectivity index (χ2n) is 5.37. The van der Waals surface area contributed by atoms with Crippen LogP contribution in [0.15, 0.2) is 31.0 Å². The first-order valence-electron chi connectivity index (χ1n) is 7.62. The summed E-state index contributed by atoms with van der Waals surface area (Å²) >= 11 is 0. The van der Waals surface area contributed by atoms with Crippen molar-refractivity contribution in [2.75, 3.05) is 6.54 Å². The Hall–Kier alpha value is -1.55. The van der Waals surface area contributed by atoms with Crippen LogP contribution in [0, 0.1) is 0 Å². The van der Waals surface area contributed by atoms with Gasteiger partial charge in [0.1, 0.15) is 0 Å². The largest absolute Gasteiger partial charge is 0.348 e. The second-order valence-corrected chi connectivity index (χ2v) is 5.37. The van der Waals surface area contributed by atoms with Crippen LogP contribution < -0.4 is 5.32 Å². The van der Waals surface area contributed by atoms with Crippen LogP contribution >= 0.6 is 0 Å². The minimum atomic E-state index is 0.414. The van der Waals surface area contributed by atoms with E-state index in [1.165, 1.54) is 17.7 Å². The van der Waals surface area contributed by atoms with E-state index in [4.69, 9.17) is 0 Å². The number of rotatable bonds is 8. The summed E-state index contributed by atoms with van der Waals surface area (Å²) < 4.78 is 4.47. The molecule has 0 spiro atoms. The zero-order chi connectivity index (χ0) is 14.4. The van der Waals surface area contributed by atoms with Crippen molar-refractivity contribution >= 4 is 0 Å². The summed E-state index contributed by atoms with van der Waals surface area (Å²) in [4.78, 5) is 4.26. The van der Waals surface area contributed by atoms with Gasteiger partial charge in [-0.25, -0.2) is 4.98 Å². The average Bonchev–Trinajstić information content (AvgIpc) is 3.07. The number of nitrogens with one attached hydrogen (secondary N) is 1. The van der Waals surface area contributed by atoms with Crippen molar-refractivity contribution in [3.63, 3.8) is 0 Å². The lowest BCUT2D eigenvalue weighted by atomic mass is 10.2. The smallest absolute Gasteiger partial charge is 0.0948 e. The van der Waals surface area contributed by atoms with Crippen LogP contribution in [-0.2, 0) is 13.1 Å². The number of aromatic nitrogens is 3. The summed E-state index contributed by atoms with van der Waals surface area (Å²) in [6, 6.07) is 2.62. The molecule has 0 amide bonds. The van der Waals surface area contributed by atoms with Gasteiger partial charge < -0.3 is 14.5 Å². The van der Waals surface area contributed by atoms with Crippen LogP contribution in [0.1, 0.15) is 50.9 Å². The fraction of sp³-hybridized carbons (Fsp3) is 0.562. The van der Waals surface area contributed by atoms with Gasteiger partial charge >= 0.3 is 0 Å². The molecule has 1 atom stereocenters. The average molecular weight is 274 g/mol. The van der Waals surface area contributed by atoms with Crippen molar-refractivity contribution in [2.24, 2.45) is 0 Å². The quantitative estimate of drug-likeness (QED) is 0.802.